The van der Waals surface area contributed by atoms with Gasteiger partial charge in [0.25, 0.3) is 0 Å². The van der Waals surface area contributed by atoms with Gasteiger partial charge < -0.3 is 10.8 Å². The lowest BCUT2D eigenvalue weighted by molar-refractivity contribution is 0.281. The van der Waals surface area contributed by atoms with Crippen LogP contribution in [-0.4, -0.2) is 5.11 Å². The Balaban J connectivity index is 2.68. The minimum atomic E-state index is -0.943. The first kappa shape index (κ1) is 12.4. The summed E-state index contributed by atoms with van der Waals surface area (Å²) in [4.78, 5) is 0. The third-order valence-corrected chi connectivity index (χ3v) is 2.55. The summed E-state index contributed by atoms with van der Waals surface area (Å²) in [5.41, 5.74) is 4.85. The highest BCUT2D eigenvalue weighted by molar-refractivity contribution is 5.68. The average molecular weight is 253 g/mol. The van der Waals surface area contributed by atoms with Crippen molar-refractivity contribution in [1.82, 2.24) is 0 Å². The van der Waals surface area contributed by atoms with Gasteiger partial charge in [0.05, 0.1) is 12.2 Å². The molecule has 0 aliphatic heterocycles. The number of halogens is 3. The normalized spacial score (nSPS) is 10.7. The molecule has 3 N–H and O–H groups in total. The standard InChI is InChI=1S/C13H10F3NO/c14-10-2-1-7(6-18)3-9(10)13-11(15)4-8(17)5-12(13)16/h1-5,18H,6,17H2. The van der Waals surface area contributed by atoms with Gasteiger partial charge in [0.2, 0.25) is 0 Å². The smallest absolute Gasteiger partial charge is 0.136 e. The van der Waals surface area contributed by atoms with Gasteiger partial charge in [-0.25, -0.2) is 13.2 Å². The monoisotopic (exact) mass is 253 g/mol. The van der Waals surface area contributed by atoms with Crippen molar-refractivity contribution in [3.05, 3.63) is 53.3 Å². The molecule has 0 saturated carbocycles. The fourth-order valence-corrected chi connectivity index (χ4v) is 1.71. The lowest BCUT2D eigenvalue weighted by Crippen LogP contribution is -1.97. The maximum absolute atomic E-state index is 13.7. The Morgan fingerprint density at radius 2 is 1.56 bits per heavy atom. The van der Waals surface area contributed by atoms with Crippen molar-refractivity contribution in [3.63, 3.8) is 0 Å². The van der Waals surface area contributed by atoms with Crippen molar-refractivity contribution in [3.8, 4) is 11.1 Å². The van der Waals surface area contributed by atoms with Gasteiger partial charge in [-0.2, -0.15) is 0 Å². The molecule has 18 heavy (non-hydrogen) atoms. The zero-order valence-corrected chi connectivity index (χ0v) is 9.25. The lowest BCUT2D eigenvalue weighted by atomic mass is 10.0. The number of anilines is 1. The Kier molecular flexibility index (Phi) is 3.25. The first-order valence-electron chi connectivity index (χ1n) is 5.17. The number of hydrogen-bond donors (Lipinski definition) is 2. The second-order valence-electron chi connectivity index (χ2n) is 3.83. The Bertz CT molecular complexity index is 576. The fraction of sp³-hybridized carbons (Fsp3) is 0.0769. The van der Waals surface area contributed by atoms with Crippen LogP contribution in [-0.2, 0) is 6.61 Å². The van der Waals surface area contributed by atoms with Gasteiger partial charge in [0, 0.05) is 11.3 Å². The van der Waals surface area contributed by atoms with Crippen molar-refractivity contribution < 1.29 is 18.3 Å². The first-order valence-corrected chi connectivity index (χ1v) is 5.17. The average Bonchev–Trinajstić information content (AvgIpc) is 2.30. The number of nitrogen functional groups attached to an aromatic ring is 1. The van der Waals surface area contributed by atoms with Crippen molar-refractivity contribution >= 4 is 5.69 Å². The molecule has 0 amide bonds. The van der Waals surface area contributed by atoms with Gasteiger partial charge in [-0.15, -0.1) is 0 Å². The highest BCUT2D eigenvalue weighted by atomic mass is 19.1. The van der Waals surface area contributed by atoms with Crippen molar-refractivity contribution in [2.75, 3.05) is 5.73 Å². The van der Waals surface area contributed by atoms with E-state index in [1.807, 2.05) is 0 Å². The molecule has 0 atom stereocenters. The van der Waals surface area contributed by atoms with Crippen LogP contribution in [0.15, 0.2) is 30.3 Å². The predicted octanol–water partition coefficient (Wildman–Crippen LogP) is 2.85. The van der Waals surface area contributed by atoms with E-state index in [1.165, 1.54) is 12.1 Å². The molecule has 94 valence electrons. The highest BCUT2D eigenvalue weighted by Gasteiger charge is 2.16. The molecular formula is C13H10F3NO. The summed E-state index contributed by atoms with van der Waals surface area (Å²) in [6, 6.07) is 5.43. The number of aliphatic hydroxyl groups excluding tert-OH is 1. The van der Waals surface area contributed by atoms with E-state index in [0.29, 0.717) is 5.56 Å². The molecule has 5 heteroatoms. The third kappa shape index (κ3) is 2.17. The van der Waals surface area contributed by atoms with E-state index < -0.39 is 23.0 Å². The van der Waals surface area contributed by atoms with Gasteiger partial charge >= 0.3 is 0 Å². The number of nitrogens with two attached hydrogens (primary N) is 1. The third-order valence-electron chi connectivity index (χ3n) is 2.55. The Morgan fingerprint density at radius 3 is 2.11 bits per heavy atom. The molecule has 0 radical (unpaired) electrons. The molecule has 0 saturated heterocycles. The molecule has 2 aromatic carbocycles. The predicted molar refractivity (Wildman–Crippen MR) is 62.1 cm³/mol. The summed E-state index contributed by atoms with van der Waals surface area (Å²) < 4.78 is 40.9. The van der Waals surface area contributed by atoms with Crippen LogP contribution in [0.5, 0.6) is 0 Å². The Hall–Kier alpha value is -2.01. The van der Waals surface area contributed by atoms with E-state index in [2.05, 4.69) is 0 Å². The van der Waals surface area contributed by atoms with E-state index in [4.69, 9.17) is 10.8 Å². The zero-order valence-electron chi connectivity index (χ0n) is 9.25. The molecular weight excluding hydrogens is 243 g/mol. The van der Waals surface area contributed by atoms with Gasteiger partial charge in [-0.1, -0.05) is 6.07 Å². The van der Waals surface area contributed by atoms with E-state index >= 15 is 0 Å². The summed E-state index contributed by atoms with van der Waals surface area (Å²) >= 11 is 0. The quantitative estimate of drug-likeness (QED) is 0.808. The van der Waals surface area contributed by atoms with Crippen molar-refractivity contribution in [2.24, 2.45) is 0 Å². The van der Waals surface area contributed by atoms with Crippen molar-refractivity contribution in [2.45, 2.75) is 6.61 Å². The number of hydrogen-bond acceptors (Lipinski definition) is 2. The minimum absolute atomic E-state index is 0.0764. The van der Waals surface area contributed by atoms with Crippen LogP contribution in [0.3, 0.4) is 0 Å². The highest BCUT2D eigenvalue weighted by Crippen LogP contribution is 2.30. The molecule has 0 aliphatic rings. The fourth-order valence-electron chi connectivity index (χ4n) is 1.71. The van der Waals surface area contributed by atoms with Crippen LogP contribution in [0.25, 0.3) is 11.1 Å². The largest absolute Gasteiger partial charge is 0.399 e. The van der Waals surface area contributed by atoms with E-state index in [9.17, 15) is 13.2 Å². The molecule has 0 fully saturated rings. The van der Waals surface area contributed by atoms with Crippen LogP contribution in [0.2, 0.25) is 0 Å². The molecule has 0 bridgehead atoms. The summed E-state index contributed by atoms with van der Waals surface area (Å²) in [6.45, 7) is -0.342. The van der Waals surface area contributed by atoms with E-state index in [1.54, 1.807) is 0 Å². The Morgan fingerprint density at radius 1 is 0.944 bits per heavy atom. The number of aliphatic hydroxyl groups is 1. The summed E-state index contributed by atoms with van der Waals surface area (Å²) in [7, 11) is 0. The molecule has 0 spiro atoms. The van der Waals surface area contributed by atoms with Crippen molar-refractivity contribution in [1.29, 1.82) is 0 Å². The zero-order chi connectivity index (χ0) is 13.3. The van der Waals surface area contributed by atoms with Gasteiger partial charge in [0.1, 0.15) is 17.5 Å². The van der Waals surface area contributed by atoms with Crippen LogP contribution in [0, 0.1) is 17.5 Å². The van der Waals surface area contributed by atoms with Crippen LogP contribution >= 0.6 is 0 Å². The lowest BCUT2D eigenvalue weighted by Gasteiger charge is -2.09. The molecule has 2 nitrogen and oxygen atoms in total. The second kappa shape index (κ2) is 4.70. The van der Waals surface area contributed by atoms with Crippen LogP contribution in [0.1, 0.15) is 5.56 Å². The van der Waals surface area contributed by atoms with Gasteiger partial charge in [-0.05, 0) is 29.8 Å². The van der Waals surface area contributed by atoms with E-state index in [-0.39, 0.29) is 17.9 Å². The summed E-state index contributed by atoms with van der Waals surface area (Å²) in [5.74, 6) is -2.65. The first-order chi connectivity index (χ1) is 8.52. The molecule has 0 aromatic heterocycles. The second-order valence-corrected chi connectivity index (χ2v) is 3.83. The molecule has 0 aliphatic carbocycles. The summed E-state index contributed by atoms with van der Waals surface area (Å²) in [6.07, 6.45) is 0. The van der Waals surface area contributed by atoms with Gasteiger partial charge in [-0.3, -0.25) is 0 Å². The van der Waals surface area contributed by atoms with Crippen LogP contribution in [0.4, 0.5) is 18.9 Å². The summed E-state index contributed by atoms with van der Waals surface area (Å²) in [5, 5.41) is 8.95. The minimum Gasteiger partial charge on any atom is -0.399 e. The number of rotatable bonds is 2. The van der Waals surface area contributed by atoms with Gasteiger partial charge in [0.15, 0.2) is 0 Å². The maximum Gasteiger partial charge on any atom is 0.136 e. The Labute approximate surface area is 101 Å². The number of benzene rings is 2. The topological polar surface area (TPSA) is 46.2 Å². The molecule has 2 aromatic rings. The van der Waals surface area contributed by atoms with E-state index in [0.717, 1.165) is 18.2 Å². The molecule has 0 heterocycles. The maximum atomic E-state index is 13.7. The molecule has 0 unspecified atom stereocenters. The van der Waals surface area contributed by atoms with Crippen LogP contribution < -0.4 is 5.73 Å². The SMILES string of the molecule is Nc1cc(F)c(-c2cc(CO)ccc2F)c(F)c1. The molecule has 2 rings (SSSR count).